The fourth-order valence-corrected chi connectivity index (χ4v) is 0.847. The van der Waals surface area contributed by atoms with Crippen LogP contribution in [0.25, 0.3) is 12.2 Å². The molecule has 2 heteroatoms. The lowest BCUT2D eigenvalue weighted by atomic mass is 10.3. The summed E-state index contributed by atoms with van der Waals surface area (Å²) in [7, 11) is 0. The van der Waals surface area contributed by atoms with Gasteiger partial charge >= 0.3 is 0 Å². The van der Waals surface area contributed by atoms with Gasteiger partial charge in [0.25, 0.3) is 0 Å². The molecule has 1 N–H and O–H groups in total. The average Bonchev–Trinajstić information content (AvgIpc) is 2.65. The number of imidazole rings is 1. The molecule has 0 unspecified atom stereocenters. The van der Waals surface area contributed by atoms with Crippen LogP contribution in [0.2, 0.25) is 0 Å². The number of hydrogen-bond donors (Lipinski definition) is 1. The molecule has 2 nitrogen and oxygen atoms in total. The zero-order valence-electron chi connectivity index (χ0n) is 8.67. The predicted octanol–water partition coefficient (Wildman–Crippen LogP) is 3.50. The summed E-state index contributed by atoms with van der Waals surface area (Å²) in [5, 5.41) is 0. The summed E-state index contributed by atoms with van der Waals surface area (Å²) in [6.07, 6.45) is 8.55. The van der Waals surface area contributed by atoms with E-state index < -0.39 is 0 Å². The number of aromatic nitrogens is 2. The van der Waals surface area contributed by atoms with Gasteiger partial charge in [0.2, 0.25) is 0 Å². The van der Waals surface area contributed by atoms with Gasteiger partial charge in [-0.15, -0.1) is 0 Å². The first-order chi connectivity index (χ1) is 6.38. The van der Waals surface area contributed by atoms with E-state index >= 15 is 0 Å². The summed E-state index contributed by atoms with van der Waals surface area (Å²) < 4.78 is 0. The van der Waals surface area contributed by atoms with Crippen LogP contribution in [0.5, 0.6) is 0 Å². The van der Waals surface area contributed by atoms with Crippen LogP contribution >= 0.6 is 0 Å². The van der Waals surface area contributed by atoms with Crippen molar-refractivity contribution >= 4 is 12.2 Å². The molecule has 0 aromatic carbocycles. The maximum atomic E-state index is 4.06. The topological polar surface area (TPSA) is 28.7 Å². The fourth-order valence-electron chi connectivity index (χ4n) is 0.847. The van der Waals surface area contributed by atoms with Crippen molar-refractivity contribution in [2.75, 3.05) is 0 Å². The molecule has 72 valence electrons. The summed E-state index contributed by atoms with van der Waals surface area (Å²) in [6.45, 7) is 9.75. The van der Waals surface area contributed by atoms with E-state index in [0.717, 1.165) is 17.8 Å². The lowest BCUT2D eigenvalue weighted by Crippen LogP contribution is -1.75. The van der Waals surface area contributed by atoms with E-state index in [2.05, 4.69) is 29.5 Å². The Hall–Kier alpha value is -1.31. The molecule has 0 fully saturated rings. The van der Waals surface area contributed by atoms with Gasteiger partial charge in [0, 0.05) is 0 Å². The number of nitrogens with zero attached hydrogens (tertiary/aromatic N) is 1. The molecule has 0 bridgehead atoms. The van der Waals surface area contributed by atoms with Crippen LogP contribution in [-0.2, 0) is 0 Å². The molecule has 0 aliphatic carbocycles. The van der Waals surface area contributed by atoms with E-state index in [0.29, 0.717) is 0 Å². The first kappa shape index (κ1) is 11.7. The Morgan fingerprint density at radius 2 is 2.23 bits per heavy atom. The van der Waals surface area contributed by atoms with Crippen molar-refractivity contribution in [3.05, 3.63) is 30.4 Å². The minimum absolute atomic E-state index is 0.912. The molecule has 0 aliphatic heterocycles. The monoisotopic (exact) mass is 178 g/mol. The second-order valence-electron chi connectivity index (χ2n) is 2.22. The molecule has 1 aromatic heterocycles. The number of rotatable bonds is 3. The highest BCUT2D eigenvalue weighted by atomic mass is 14.9. The fraction of sp³-hybridized carbons (Fsp3) is 0.364. The molecule has 0 saturated heterocycles. The van der Waals surface area contributed by atoms with Gasteiger partial charge in [-0.2, -0.15) is 0 Å². The van der Waals surface area contributed by atoms with Crippen molar-refractivity contribution < 1.29 is 0 Å². The van der Waals surface area contributed by atoms with Gasteiger partial charge in [-0.05, 0) is 18.6 Å². The van der Waals surface area contributed by atoms with Crippen LogP contribution in [0.3, 0.4) is 0 Å². The smallest absolute Gasteiger partial charge is 0.0931 e. The van der Waals surface area contributed by atoms with Gasteiger partial charge in [0.05, 0.1) is 17.7 Å². The number of H-pyrrole nitrogens is 1. The van der Waals surface area contributed by atoms with Crippen molar-refractivity contribution in [2.45, 2.75) is 27.2 Å². The summed E-state index contributed by atoms with van der Waals surface area (Å²) in [6, 6.07) is 0. The van der Waals surface area contributed by atoms with Gasteiger partial charge < -0.3 is 4.98 Å². The Morgan fingerprint density at radius 3 is 2.77 bits per heavy atom. The van der Waals surface area contributed by atoms with Crippen molar-refractivity contribution in [3.8, 4) is 0 Å². The summed E-state index contributed by atoms with van der Waals surface area (Å²) >= 11 is 0. The van der Waals surface area contributed by atoms with Crippen LogP contribution in [-0.4, -0.2) is 9.97 Å². The largest absolute Gasteiger partial charge is 0.345 e. The molecule has 0 amide bonds. The summed E-state index contributed by atoms with van der Waals surface area (Å²) in [4.78, 5) is 7.09. The van der Waals surface area contributed by atoms with E-state index in [1.54, 1.807) is 12.4 Å². The predicted molar refractivity (Wildman–Crippen MR) is 59.4 cm³/mol. The number of allylic oxidation sites excluding steroid dienone is 1. The first-order valence-electron chi connectivity index (χ1n) is 4.70. The highest BCUT2D eigenvalue weighted by Crippen LogP contribution is 2.06. The van der Waals surface area contributed by atoms with Crippen LogP contribution in [0.4, 0.5) is 0 Å². The van der Waals surface area contributed by atoms with E-state index in [1.165, 1.54) is 0 Å². The molecule has 1 rings (SSSR count). The number of aromatic amines is 1. The molecular weight excluding hydrogens is 160 g/mol. The highest BCUT2D eigenvalue weighted by Gasteiger charge is 1.94. The maximum absolute atomic E-state index is 4.06. The molecule has 0 saturated carbocycles. The molecule has 1 aromatic rings. The molecule has 0 atom stereocenters. The zero-order valence-corrected chi connectivity index (χ0v) is 8.67. The summed E-state index contributed by atoms with van der Waals surface area (Å²) in [5.74, 6) is 0. The third kappa shape index (κ3) is 3.74. The second kappa shape index (κ2) is 7.35. The number of hydrogen-bond acceptors (Lipinski definition) is 1. The van der Waals surface area contributed by atoms with Gasteiger partial charge in [-0.25, -0.2) is 4.98 Å². The summed E-state index contributed by atoms with van der Waals surface area (Å²) in [5.41, 5.74) is 1.94. The molecule has 13 heavy (non-hydrogen) atoms. The zero-order chi connectivity index (χ0) is 10.1. The molecule has 0 spiro atoms. The molecule has 0 radical (unpaired) electrons. The maximum Gasteiger partial charge on any atom is 0.0931 e. The lowest BCUT2D eigenvalue weighted by Gasteiger charge is -1.87. The molecular formula is C11H18N2. The number of nitrogens with one attached hydrogen (secondary N) is 1. The minimum atomic E-state index is 0.912. The first-order valence-corrected chi connectivity index (χ1v) is 4.70. The van der Waals surface area contributed by atoms with Crippen molar-refractivity contribution in [2.24, 2.45) is 0 Å². The van der Waals surface area contributed by atoms with Crippen LogP contribution in [0, 0.1) is 0 Å². The van der Waals surface area contributed by atoms with Crippen molar-refractivity contribution in [1.29, 1.82) is 0 Å². The second-order valence-corrected chi connectivity index (χ2v) is 2.22. The Balaban J connectivity index is 0.000000671. The van der Waals surface area contributed by atoms with E-state index in [1.807, 2.05) is 19.9 Å². The van der Waals surface area contributed by atoms with Gasteiger partial charge in [0.15, 0.2) is 0 Å². The van der Waals surface area contributed by atoms with Gasteiger partial charge in [-0.1, -0.05) is 33.4 Å². The normalized spacial score (nSPS) is 9.46. The third-order valence-corrected chi connectivity index (χ3v) is 1.41. The quantitative estimate of drug-likeness (QED) is 0.754. The Bertz CT molecular complexity index is 259. The third-order valence-electron chi connectivity index (χ3n) is 1.41. The van der Waals surface area contributed by atoms with Crippen LogP contribution < -0.4 is 0 Å². The van der Waals surface area contributed by atoms with E-state index in [-0.39, 0.29) is 0 Å². The van der Waals surface area contributed by atoms with Crippen molar-refractivity contribution in [1.82, 2.24) is 9.97 Å². The van der Waals surface area contributed by atoms with Crippen LogP contribution in [0.15, 0.2) is 19.0 Å². The Labute approximate surface area is 80.4 Å². The van der Waals surface area contributed by atoms with Crippen molar-refractivity contribution in [3.63, 3.8) is 0 Å². The van der Waals surface area contributed by atoms with Gasteiger partial charge in [-0.3, -0.25) is 0 Å². The van der Waals surface area contributed by atoms with Gasteiger partial charge in [0.1, 0.15) is 0 Å². The van der Waals surface area contributed by atoms with Crippen LogP contribution in [0.1, 0.15) is 38.6 Å². The molecule has 1 heterocycles. The molecule has 0 aliphatic rings. The van der Waals surface area contributed by atoms with E-state index in [4.69, 9.17) is 0 Å². The Kier molecular flexibility index (Phi) is 6.60. The lowest BCUT2D eigenvalue weighted by molar-refractivity contribution is 1.23. The SMILES string of the molecule is C=Cc1nc[nH]c1/C=C\CC.CC. The highest BCUT2D eigenvalue weighted by molar-refractivity contribution is 5.58. The minimum Gasteiger partial charge on any atom is -0.345 e. The Morgan fingerprint density at radius 1 is 1.54 bits per heavy atom. The standard InChI is InChI=1S/C9H12N2.C2H6/c1-3-5-6-9-8(4-2)10-7-11-9;1-2/h4-7H,2-3H2,1H3,(H,10,11);1-2H3/b6-5-;. The average molecular weight is 178 g/mol. The van der Waals surface area contributed by atoms with E-state index in [9.17, 15) is 0 Å².